The summed E-state index contributed by atoms with van der Waals surface area (Å²) in [5, 5.41) is 24.3. The average molecular weight is 630 g/mol. The Hall–Kier alpha value is -0.700. The standard InChI is InChI=1S/C35H55N3O3S2/c1-31-16-19-42-43-34(13-11-32(12-14-34)8-2-3-9-32)33(15-17-37-30(36)38-33)10-4-6-26-28-21-25(31)20-24(23-40)27(7-5-18-39)35(28,31)22-29(26)41/h24-25,27,39-40H,2-23H2,1H3,(H3,36,37,38)/t24-,25-,27-,31+,33+,35+/m1/s1. The molecule has 5 bridgehead atoms. The van der Waals surface area contributed by atoms with Crippen LogP contribution in [0, 0.1) is 34.0 Å². The molecule has 8 heteroatoms. The maximum Gasteiger partial charge on any atom is 0.189 e. The molecule has 0 aromatic rings. The second-order valence-electron chi connectivity index (χ2n) is 15.9. The van der Waals surface area contributed by atoms with E-state index in [0.717, 1.165) is 75.7 Å². The van der Waals surface area contributed by atoms with E-state index in [9.17, 15) is 15.0 Å². The predicted molar refractivity (Wildman–Crippen MR) is 178 cm³/mol. The van der Waals surface area contributed by atoms with Gasteiger partial charge >= 0.3 is 0 Å². The summed E-state index contributed by atoms with van der Waals surface area (Å²) < 4.78 is 0.126. The number of carbonyl (C=O) groups excluding carboxylic acids is 1. The van der Waals surface area contributed by atoms with Gasteiger partial charge < -0.3 is 21.3 Å². The predicted octanol–water partition coefficient (Wildman–Crippen LogP) is 6.54. The number of fused-ring (bicyclic) bond motifs is 1. The van der Waals surface area contributed by atoms with Crippen LogP contribution in [0.15, 0.2) is 16.1 Å². The van der Waals surface area contributed by atoms with E-state index in [2.05, 4.69) is 38.8 Å². The molecule has 43 heavy (non-hydrogen) atoms. The zero-order valence-electron chi connectivity index (χ0n) is 26.4. The molecule has 2 aliphatic heterocycles. The van der Waals surface area contributed by atoms with E-state index in [-0.39, 0.29) is 46.2 Å². The number of hydrogen-bond donors (Lipinski definition) is 4. The van der Waals surface area contributed by atoms with Crippen LogP contribution in [0.2, 0.25) is 0 Å². The number of nitrogens with one attached hydrogen (secondary N) is 1. The molecule has 7 rings (SSSR count). The molecule has 4 saturated carbocycles. The second kappa shape index (κ2) is 11.5. The first-order valence-electron chi connectivity index (χ1n) is 17.6. The topological polar surface area (TPSA) is 108 Å². The van der Waals surface area contributed by atoms with Crippen molar-refractivity contribution in [3.8, 4) is 0 Å². The Morgan fingerprint density at radius 1 is 1.02 bits per heavy atom. The summed E-state index contributed by atoms with van der Waals surface area (Å²) in [6.45, 7) is 3.70. The Morgan fingerprint density at radius 2 is 1.81 bits per heavy atom. The number of guanidine groups is 1. The van der Waals surface area contributed by atoms with Gasteiger partial charge in [-0.05, 0) is 130 Å². The highest BCUT2D eigenvalue weighted by Crippen LogP contribution is 2.76. The summed E-state index contributed by atoms with van der Waals surface area (Å²) in [6.07, 6.45) is 20.3. The van der Waals surface area contributed by atoms with Gasteiger partial charge in [0.2, 0.25) is 0 Å². The monoisotopic (exact) mass is 629 g/mol. The average Bonchev–Trinajstić information content (AvgIpc) is 3.60. The molecular formula is C35H55N3O3S2. The van der Waals surface area contributed by atoms with Crippen LogP contribution in [0.25, 0.3) is 0 Å². The highest BCUT2D eigenvalue weighted by Gasteiger charge is 2.70. The molecule has 7 aliphatic rings. The van der Waals surface area contributed by atoms with E-state index in [4.69, 9.17) is 5.73 Å². The Bertz CT molecular complexity index is 1160. The maximum absolute atomic E-state index is 14.1. The normalized spacial score (nSPS) is 42.1. The second-order valence-corrected chi connectivity index (χ2v) is 18.7. The Labute approximate surface area is 267 Å². The Morgan fingerprint density at radius 3 is 2.53 bits per heavy atom. The van der Waals surface area contributed by atoms with Gasteiger partial charge in [0.25, 0.3) is 0 Å². The number of allylic oxidation sites excluding steroid dienone is 2. The van der Waals surface area contributed by atoms with Crippen molar-refractivity contribution in [2.45, 2.75) is 133 Å². The number of ketones is 1. The molecule has 4 fully saturated rings. The SMILES string of the molecule is C[C@]12CCSSC3(CCC4(CCCC4)CC3)[C@]3(CCCC4=C5C[C@H]1C[C@H](CO)[C@@H](CCCO)[C@@]52CC4=O)CCN=C(N)N3. The number of nitrogens with two attached hydrogens (primary N) is 1. The third-order valence-corrected chi connectivity index (χ3v) is 18.0. The van der Waals surface area contributed by atoms with Gasteiger partial charge in [0, 0.05) is 42.1 Å². The number of aliphatic hydroxyl groups is 2. The minimum absolute atomic E-state index is 0.0681. The molecule has 0 amide bonds. The van der Waals surface area contributed by atoms with Gasteiger partial charge in [-0.25, -0.2) is 0 Å². The van der Waals surface area contributed by atoms with Crippen molar-refractivity contribution in [2.75, 3.05) is 25.5 Å². The number of rotatable bonds is 4. The third kappa shape index (κ3) is 4.64. The molecule has 6 atom stereocenters. The van der Waals surface area contributed by atoms with Crippen molar-refractivity contribution >= 4 is 33.3 Å². The van der Waals surface area contributed by atoms with Gasteiger partial charge in [-0.1, -0.05) is 46.9 Å². The molecule has 0 radical (unpaired) electrons. The van der Waals surface area contributed by atoms with Crippen LogP contribution in [0.4, 0.5) is 0 Å². The van der Waals surface area contributed by atoms with Crippen molar-refractivity contribution in [3.63, 3.8) is 0 Å². The van der Waals surface area contributed by atoms with Crippen LogP contribution in [0.1, 0.15) is 122 Å². The maximum atomic E-state index is 14.1. The van der Waals surface area contributed by atoms with Crippen LogP contribution in [0.5, 0.6) is 0 Å². The molecule has 2 heterocycles. The molecule has 0 unspecified atom stereocenters. The first kappa shape index (κ1) is 30.9. The highest BCUT2D eigenvalue weighted by molar-refractivity contribution is 8.77. The molecule has 0 saturated heterocycles. The lowest BCUT2D eigenvalue weighted by Crippen LogP contribution is -2.67. The summed E-state index contributed by atoms with van der Waals surface area (Å²) in [5.74, 6) is 3.14. The van der Waals surface area contributed by atoms with Gasteiger partial charge in [0.15, 0.2) is 11.7 Å². The fourth-order valence-corrected chi connectivity index (χ4v) is 16.0. The molecular weight excluding hydrogens is 575 g/mol. The van der Waals surface area contributed by atoms with E-state index in [1.165, 1.54) is 56.9 Å². The van der Waals surface area contributed by atoms with Crippen LogP contribution in [-0.2, 0) is 4.79 Å². The third-order valence-electron chi connectivity index (χ3n) is 14.5. The van der Waals surface area contributed by atoms with E-state index in [0.29, 0.717) is 29.5 Å². The molecule has 4 spiro atoms. The molecule has 6 nitrogen and oxygen atoms in total. The first-order valence-corrected chi connectivity index (χ1v) is 19.9. The Kier molecular flexibility index (Phi) is 8.29. The summed E-state index contributed by atoms with van der Waals surface area (Å²) in [4.78, 5) is 18.7. The molecule has 0 aromatic carbocycles. The van der Waals surface area contributed by atoms with Gasteiger partial charge in [0.05, 0.1) is 5.54 Å². The summed E-state index contributed by atoms with van der Waals surface area (Å²) >= 11 is 0. The minimum atomic E-state index is -0.139. The lowest BCUT2D eigenvalue weighted by Gasteiger charge is -2.57. The van der Waals surface area contributed by atoms with Gasteiger partial charge in [-0.3, -0.25) is 9.79 Å². The van der Waals surface area contributed by atoms with Gasteiger partial charge in [-0.2, -0.15) is 0 Å². The Balaban J connectivity index is 1.25. The smallest absolute Gasteiger partial charge is 0.189 e. The van der Waals surface area contributed by atoms with E-state index < -0.39 is 0 Å². The zero-order valence-corrected chi connectivity index (χ0v) is 28.1. The number of Topliss-reactive ketones (excluding diaryl/α,β-unsaturated/α-hetero) is 1. The molecule has 5 N–H and O–H groups in total. The lowest BCUT2D eigenvalue weighted by molar-refractivity contribution is -0.125. The number of carbonyl (C=O) groups is 1. The number of nitrogens with zero attached hydrogens (tertiary/aromatic N) is 1. The van der Waals surface area contributed by atoms with Crippen LogP contribution >= 0.6 is 21.6 Å². The first-order chi connectivity index (χ1) is 20.8. The van der Waals surface area contributed by atoms with Crippen molar-refractivity contribution in [1.29, 1.82) is 0 Å². The highest BCUT2D eigenvalue weighted by atomic mass is 33.1. The van der Waals surface area contributed by atoms with E-state index >= 15 is 0 Å². The van der Waals surface area contributed by atoms with Crippen LogP contribution in [0.3, 0.4) is 0 Å². The quantitative estimate of drug-likeness (QED) is 0.262. The molecule has 240 valence electrons. The zero-order chi connectivity index (χ0) is 29.9. The van der Waals surface area contributed by atoms with E-state index in [1.54, 1.807) is 0 Å². The number of hydrogen-bond acceptors (Lipinski definition) is 8. The van der Waals surface area contributed by atoms with Gasteiger partial charge in [-0.15, -0.1) is 0 Å². The summed E-state index contributed by atoms with van der Waals surface area (Å²) in [7, 11) is 4.31. The molecule has 0 aromatic heterocycles. The van der Waals surface area contributed by atoms with Crippen LogP contribution < -0.4 is 11.1 Å². The van der Waals surface area contributed by atoms with E-state index in [1.807, 2.05) is 0 Å². The number of aliphatic hydroxyl groups excluding tert-OH is 2. The van der Waals surface area contributed by atoms with Crippen molar-refractivity contribution in [2.24, 2.45) is 44.7 Å². The van der Waals surface area contributed by atoms with Crippen LogP contribution in [-0.4, -0.2) is 57.8 Å². The fourth-order valence-electron chi connectivity index (χ4n) is 12.3. The van der Waals surface area contributed by atoms with Crippen molar-refractivity contribution in [3.05, 3.63) is 11.1 Å². The van der Waals surface area contributed by atoms with Gasteiger partial charge in [0.1, 0.15) is 0 Å². The van der Waals surface area contributed by atoms with Crippen molar-refractivity contribution < 1.29 is 15.0 Å². The number of aliphatic imine (C=N–C) groups is 1. The minimum Gasteiger partial charge on any atom is -0.396 e. The largest absolute Gasteiger partial charge is 0.396 e. The fraction of sp³-hybridized carbons (Fsp3) is 0.886. The molecule has 5 aliphatic carbocycles. The lowest BCUT2D eigenvalue weighted by atomic mass is 9.47. The summed E-state index contributed by atoms with van der Waals surface area (Å²) in [5.41, 5.74) is 9.54. The summed E-state index contributed by atoms with van der Waals surface area (Å²) in [6, 6.07) is 0. The van der Waals surface area contributed by atoms with Crippen molar-refractivity contribution in [1.82, 2.24) is 5.32 Å².